The number of hydrogen-bond donors (Lipinski definition) is 1. The number of carbonyl (C=O) groups excluding carboxylic acids is 3. The Kier molecular flexibility index (Phi) is 5.36. The largest absolute Gasteiger partial charge is 0.507 e. The number of rotatable bonds is 5. The molecule has 3 aromatic rings. The molecule has 1 aliphatic heterocycles. The van der Waals surface area contributed by atoms with Crippen molar-refractivity contribution in [2.24, 2.45) is 0 Å². The number of aromatic nitrogens is 1. The van der Waals surface area contributed by atoms with Crippen molar-refractivity contribution < 1.29 is 28.6 Å². The molecular formula is C23H18N2O6. The number of furan rings is 1. The molecule has 0 radical (unpaired) electrons. The second-order valence-electron chi connectivity index (χ2n) is 6.86. The number of ketones is 1. The smallest absolute Gasteiger partial charge is 0.337 e. The molecule has 156 valence electrons. The molecule has 1 unspecified atom stereocenters. The third kappa shape index (κ3) is 3.71. The molecule has 1 N–H and O–H groups in total. The van der Waals surface area contributed by atoms with Crippen molar-refractivity contribution in [1.82, 2.24) is 9.88 Å². The lowest BCUT2D eigenvalue weighted by Crippen LogP contribution is -2.29. The number of benzene rings is 1. The van der Waals surface area contributed by atoms with Crippen molar-refractivity contribution in [3.8, 4) is 0 Å². The van der Waals surface area contributed by atoms with Gasteiger partial charge in [-0.05, 0) is 42.0 Å². The number of ether oxygens (including phenoxy) is 1. The highest BCUT2D eigenvalue weighted by Crippen LogP contribution is 2.40. The summed E-state index contributed by atoms with van der Waals surface area (Å²) in [6.07, 6.45) is 4.44. The second-order valence-corrected chi connectivity index (χ2v) is 6.86. The van der Waals surface area contributed by atoms with E-state index in [0.29, 0.717) is 22.5 Å². The summed E-state index contributed by atoms with van der Waals surface area (Å²) in [5.74, 6) is -1.88. The standard InChI is InChI=1S/C23H18N2O6/c1-30-23(29)16-6-4-14(5-7-16)19-18(20(26)15-8-10-24-11-9-15)21(27)22(28)25(19)13-17-3-2-12-31-17/h2-12,19,26H,13H2,1H3/b20-18+. The first-order chi connectivity index (χ1) is 15.0. The van der Waals surface area contributed by atoms with Crippen molar-refractivity contribution >= 4 is 23.4 Å². The molecule has 0 bridgehead atoms. The molecule has 0 spiro atoms. The van der Waals surface area contributed by atoms with Gasteiger partial charge in [-0.15, -0.1) is 0 Å². The number of Topliss-reactive ketones (excluding diaryl/α,β-unsaturated/α-hetero) is 1. The van der Waals surface area contributed by atoms with Gasteiger partial charge in [0.2, 0.25) is 0 Å². The van der Waals surface area contributed by atoms with Gasteiger partial charge in [0.15, 0.2) is 0 Å². The molecular weight excluding hydrogens is 400 g/mol. The van der Waals surface area contributed by atoms with Crippen LogP contribution in [0.4, 0.5) is 0 Å². The van der Waals surface area contributed by atoms with Gasteiger partial charge in [0.25, 0.3) is 11.7 Å². The van der Waals surface area contributed by atoms with E-state index in [1.54, 1.807) is 48.5 Å². The predicted molar refractivity (Wildman–Crippen MR) is 109 cm³/mol. The number of carbonyl (C=O) groups is 3. The summed E-state index contributed by atoms with van der Waals surface area (Å²) < 4.78 is 10.1. The number of methoxy groups -OCH3 is 1. The van der Waals surface area contributed by atoms with Crippen LogP contribution in [0.15, 0.2) is 77.2 Å². The fraction of sp³-hybridized carbons (Fsp3) is 0.130. The minimum Gasteiger partial charge on any atom is -0.507 e. The van der Waals surface area contributed by atoms with E-state index in [4.69, 9.17) is 9.15 Å². The van der Waals surface area contributed by atoms with Crippen LogP contribution in [0, 0.1) is 0 Å². The Hall–Kier alpha value is -4.20. The van der Waals surface area contributed by atoms with Gasteiger partial charge in [-0.25, -0.2) is 4.79 Å². The third-order valence-electron chi connectivity index (χ3n) is 5.05. The zero-order valence-electron chi connectivity index (χ0n) is 16.5. The van der Waals surface area contributed by atoms with E-state index in [1.807, 2.05) is 0 Å². The molecule has 1 saturated heterocycles. The average Bonchev–Trinajstić information content (AvgIpc) is 3.41. The maximum atomic E-state index is 12.9. The normalized spacial score (nSPS) is 17.7. The summed E-state index contributed by atoms with van der Waals surface area (Å²) in [7, 11) is 1.28. The van der Waals surface area contributed by atoms with E-state index in [-0.39, 0.29) is 17.9 Å². The molecule has 1 atom stereocenters. The summed E-state index contributed by atoms with van der Waals surface area (Å²) in [6, 6.07) is 11.9. The lowest BCUT2D eigenvalue weighted by atomic mass is 9.95. The molecule has 8 heteroatoms. The van der Waals surface area contributed by atoms with Crippen LogP contribution in [-0.2, 0) is 20.9 Å². The van der Waals surface area contributed by atoms with Gasteiger partial charge in [0.05, 0.1) is 37.1 Å². The van der Waals surface area contributed by atoms with Crippen molar-refractivity contribution in [2.45, 2.75) is 12.6 Å². The molecule has 31 heavy (non-hydrogen) atoms. The SMILES string of the molecule is COC(=O)c1ccc(C2/C(=C(\O)c3ccncc3)C(=O)C(=O)N2Cc2ccco2)cc1. The number of nitrogens with zero attached hydrogens (tertiary/aromatic N) is 2. The highest BCUT2D eigenvalue weighted by Gasteiger charge is 2.46. The van der Waals surface area contributed by atoms with Crippen molar-refractivity contribution in [3.63, 3.8) is 0 Å². The van der Waals surface area contributed by atoms with E-state index in [0.717, 1.165) is 0 Å². The van der Waals surface area contributed by atoms with Crippen LogP contribution in [0.2, 0.25) is 0 Å². The Morgan fingerprint density at radius 2 is 1.81 bits per heavy atom. The van der Waals surface area contributed by atoms with Gasteiger partial charge in [-0.1, -0.05) is 12.1 Å². The molecule has 1 aliphatic rings. The van der Waals surface area contributed by atoms with E-state index in [9.17, 15) is 19.5 Å². The number of aliphatic hydroxyl groups is 1. The summed E-state index contributed by atoms with van der Waals surface area (Å²) in [4.78, 5) is 42.8. The van der Waals surface area contributed by atoms with Crippen molar-refractivity contribution in [1.29, 1.82) is 0 Å². The molecule has 3 heterocycles. The van der Waals surface area contributed by atoms with Crippen molar-refractivity contribution in [2.75, 3.05) is 7.11 Å². The van der Waals surface area contributed by atoms with Crippen LogP contribution in [0.5, 0.6) is 0 Å². The van der Waals surface area contributed by atoms with E-state index < -0.39 is 23.7 Å². The average molecular weight is 418 g/mol. The molecule has 0 aliphatic carbocycles. The summed E-state index contributed by atoms with van der Waals surface area (Å²) in [6.45, 7) is 0.0358. The fourth-order valence-electron chi connectivity index (χ4n) is 3.54. The lowest BCUT2D eigenvalue weighted by molar-refractivity contribution is -0.140. The van der Waals surface area contributed by atoms with Crippen LogP contribution < -0.4 is 0 Å². The van der Waals surface area contributed by atoms with Gasteiger partial charge >= 0.3 is 5.97 Å². The zero-order valence-corrected chi connectivity index (χ0v) is 16.5. The topological polar surface area (TPSA) is 110 Å². The van der Waals surface area contributed by atoms with E-state index in [1.165, 1.54) is 30.7 Å². The first-order valence-corrected chi connectivity index (χ1v) is 9.40. The maximum absolute atomic E-state index is 12.9. The molecule has 8 nitrogen and oxygen atoms in total. The third-order valence-corrected chi connectivity index (χ3v) is 5.05. The predicted octanol–water partition coefficient (Wildman–Crippen LogP) is 3.08. The molecule has 4 rings (SSSR count). The van der Waals surface area contributed by atoms with Crippen LogP contribution in [-0.4, -0.2) is 39.8 Å². The van der Waals surface area contributed by atoms with E-state index in [2.05, 4.69) is 4.98 Å². The van der Waals surface area contributed by atoms with Crippen LogP contribution in [0.1, 0.15) is 33.3 Å². The Morgan fingerprint density at radius 1 is 1.10 bits per heavy atom. The molecule has 1 aromatic carbocycles. The van der Waals surface area contributed by atoms with E-state index >= 15 is 0 Å². The number of amides is 1. The van der Waals surface area contributed by atoms with Gasteiger partial charge in [0, 0.05) is 18.0 Å². The Labute approximate surface area is 177 Å². The zero-order chi connectivity index (χ0) is 22.0. The highest BCUT2D eigenvalue weighted by molar-refractivity contribution is 6.46. The van der Waals surface area contributed by atoms with Gasteiger partial charge < -0.3 is 19.2 Å². The Morgan fingerprint density at radius 3 is 2.42 bits per heavy atom. The Bertz CT molecular complexity index is 1150. The van der Waals surface area contributed by atoms with Crippen LogP contribution >= 0.6 is 0 Å². The van der Waals surface area contributed by atoms with Gasteiger partial charge in [-0.2, -0.15) is 0 Å². The second kappa shape index (κ2) is 8.27. The molecule has 0 saturated carbocycles. The molecule has 1 fully saturated rings. The molecule has 2 aromatic heterocycles. The Balaban J connectivity index is 1.84. The number of esters is 1. The monoisotopic (exact) mass is 418 g/mol. The molecule has 1 amide bonds. The summed E-state index contributed by atoms with van der Waals surface area (Å²) >= 11 is 0. The number of aliphatic hydroxyl groups excluding tert-OH is 1. The minimum absolute atomic E-state index is 0.0358. The fourth-order valence-corrected chi connectivity index (χ4v) is 3.54. The summed E-state index contributed by atoms with van der Waals surface area (Å²) in [5, 5.41) is 10.9. The van der Waals surface area contributed by atoms with Crippen LogP contribution in [0.25, 0.3) is 5.76 Å². The van der Waals surface area contributed by atoms with Gasteiger partial charge in [-0.3, -0.25) is 14.6 Å². The maximum Gasteiger partial charge on any atom is 0.337 e. The highest BCUT2D eigenvalue weighted by atomic mass is 16.5. The first kappa shape index (κ1) is 20.1. The number of pyridine rings is 1. The quantitative estimate of drug-likeness (QED) is 0.293. The van der Waals surface area contributed by atoms with Crippen LogP contribution in [0.3, 0.4) is 0 Å². The minimum atomic E-state index is -0.870. The van der Waals surface area contributed by atoms with Crippen molar-refractivity contribution in [3.05, 3.63) is 95.2 Å². The lowest BCUT2D eigenvalue weighted by Gasteiger charge is -2.24. The summed E-state index contributed by atoms with van der Waals surface area (Å²) in [5.41, 5.74) is 1.19. The number of likely N-dealkylation sites (tertiary alicyclic amines) is 1. The first-order valence-electron chi connectivity index (χ1n) is 9.40. The number of hydrogen-bond acceptors (Lipinski definition) is 7. The van der Waals surface area contributed by atoms with Gasteiger partial charge in [0.1, 0.15) is 11.5 Å².